The third-order valence-electron chi connectivity index (χ3n) is 2.26. The van der Waals surface area contributed by atoms with Gasteiger partial charge in [-0.25, -0.2) is 4.98 Å². The van der Waals surface area contributed by atoms with Crippen molar-refractivity contribution >= 4 is 11.7 Å². The molecule has 0 bridgehead atoms. The van der Waals surface area contributed by atoms with Gasteiger partial charge in [0.05, 0.1) is 6.10 Å². The Kier molecular flexibility index (Phi) is 5.42. The van der Waals surface area contributed by atoms with E-state index in [9.17, 15) is 4.79 Å². The fourth-order valence-corrected chi connectivity index (χ4v) is 1.38. The van der Waals surface area contributed by atoms with Crippen molar-refractivity contribution in [2.75, 3.05) is 26.0 Å². The monoisotopic (exact) mass is 251 g/mol. The SMILES string of the molecule is CC(C)Oc1cccnc1NCCC(=O)N(C)C. The van der Waals surface area contributed by atoms with Gasteiger partial charge in [0.1, 0.15) is 0 Å². The Morgan fingerprint density at radius 2 is 2.22 bits per heavy atom. The Labute approximate surface area is 108 Å². The summed E-state index contributed by atoms with van der Waals surface area (Å²) in [5.74, 6) is 1.48. The first kappa shape index (κ1) is 14.3. The van der Waals surface area contributed by atoms with E-state index in [0.29, 0.717) is 24.5 Å². The molecule has 0 aliphatic rings. The van der Waals surface area contributed by atoms with E-state index < -0.39 is 0 Å². The smallest absolute Gasteiger partial charge is 0.223 e. The lowest BCUT2D eigenvalue weighted by atomic mass is 10.3. The molecule has 0 atom stereocenters. The topological polar surface area (TPSA) is 54.5 Å². The van der Waals surface area contributed by atoms with Crippen LogP contribution in [0.4, 0.5) is 5.82 Å². The molecule has 0 saturated carbocycles. The van der Waals surface area contributed by atoms with Crippen LogP contribution in [-0.4, -0.2) is 42.5 Å². The Bertz CT molecular complexity index is 392. The minimum Gasteiger partial charge on any atom is -0.487 e. The second kappa shape index (κ2) is 6.83. The minimum atomic E-state index is 0.0877. The lowest BCUT2D eigenvalue weighted by Gasteiger charge is -2.15. The summed E-state index contributed by atoms with van der Waals surface area (Å²) in [6.45, 7) is 4.47. The standard InChI is InChI=1S/C13H21N3O2/c1-10(2)18-11-6-5-8-14-13(11)15-9-7-12(17)16(3)4/h5-6,8,10H,7,9H2,1-4H3,(H,14,15). The molecule has 0 radical (unpaired) electrons. The van der Waals surface area contributed by atoms with Crippen LogP contribution in [0, 0.1) is 0 Å². The summed E-state index contributed by atoms with van der Waals surface area (Å²) in [5.41, 5.74) is 0. The number of ether oxygens (including phenoxy) is 1. The Morgan fingerprint density at radius 3 is 2.83 bits per heavy atom. The van der Waals surface area contributed by atoms with Gasteiger partial charge in [-0.3, -0.25) is 4.79 Å². The van der Waals surface area contributed by atoms with Crippen LogP contribution in [0.2, 0.25) is 0 Å². The molecule has 1 aromatic rings. The van der Waals surface area contributed by atoms with Gasteiger partial charge in [-0.15, -0.1) is 0 Å². The maximum atomic E-state index is 11.4. The molecule has 0 fully saturated rings. The van der Waals surface area contributed by atoms with Crippen molar-refractivity contribution in [3.05, 3.63) is 18.3 Å². The summed E-state index contributed by atoms with van der Waals surface area (Å²) in [6.07, 6.45) is 2.23. The zero-order chi connectivity index (χ0) is 13.5. The molecule has 5 heteroatoms. The Hall–Kier alpha value is -1.78. The number of aromatic nitrogens is 1. The van der Waals surface area contributed by atoms with Crippen LogP contribution >= 0.6 is 0 Å². The molecule has 0 spiro atoms. The number of hydrogen-bond acceptors (Lipinski definition) is 4. The van der Waals surface area contributed by atoms with Gasteiger partial charge >= 0.3 is 0 Å². The van der Waals surface area contributed by atoms with Gasteiger partial charge in [-0.2, -0.15) is 0 Å². The summed E-state index contributed by atoms with van der Waals surface area (Å²) in [7, 11) is 3.49. The van der Waals surface area contributed by atoms with Crippen LogP contribution in [0.25, 0.3) is 0 Å². The lowest BCUT2D eigenvalue weighted by Crippen LogP contribution is -2.24. The highest BCUT2D eigenvalue weighted by atomic mass is 16.5. The van der Waals surface area contributed by atoms with E-state index in [1.54, 1.807) is 25.2 Å². The molecule has 0 unspecified atom stereocenters. The zero-order valence-corrected chi connectivity index (χ0v) is 11.4. The van der Waals surface area contributed by atoms with Gasteiger partial charge in [0.15, 0.2) is 11.6 Å². The molecule has 0 saturated heterocycles. The van der Waals surface area contributed by atoms with E-state index >= 15 is 0 Å². The third kappa shape index (κ3) is 4.61. The molecule has 1 aromatic heterocycles. The lowest BCUT2D eigenvalue weighted by molar-refractivity contribution is -0.128. The predicted octanol–water partition coefficient (Wildman–Crippen LogP) is 1.76. The summed E-state index contributed by atoms with van der Waals surface area (Å²) in [4.78, 5) is 17.2. The fraction of sp³-hybridized carbons (Fsp3) is 0.538. The van der Waals surface area contributed by atoms with Crippen molar-refractivity contribution in [2.24, 2.45) is 0 Å². The first-order valence-corrected chi connectivity index (χ1v) is 6.06. The van der Waals surface area contributed by atoms with Crippen molar-refractivity contribution in [1.29, 1.82) is 0 Å². The third-order valence-corrected chi connectivity index (χ3v) is 2.26. The van der Waals surface area contributed by atoms with E-state index in [1.807, 2.05) is 26.0 Å². The van der Waals surface area contributed by atoms with Crippen LogP contribution in [0.3, 0.4) is 0 Å². The highest BCUT2D eigenvalue weighted by Gasteiger charge is 2.07. The predicted molar refractivity (Wildman–Crippen MR) is 71.8 cm³/mol. The number of pyridine rings is 1. The largest absolute Gasteiger partial charge is 0.487 e. The van der Waals surface area contributed by atoms with Crippen LogP contribution in [-0.2, 0) is 4.79 Å². The molecule has 1 amide bonds. The normalized spacial score (nSPS) is 10.3. The summed E-state index contributed by atoms with van der Waals surface area (Å²) in [6, 6.07) is 3.69. The van der Waals surface area contributed by atoms with Gasteiger partial charge in [-0.1, -0.05) is 0 Å². The number of rotatable bonds is 6. The van der Waals surface area contributed by atoms with Crippen molar-refractivity contribution in [3.63, 3.8) is 0 Å². The fourth-order valence-electron chi connectivity index (χ4n) is 1.38. The number of carbonyl (C=O) groups excluding carboxylic acids is 1. The van der Waals surface area contributed by atoms with Crippen molar-refractivity contribution in [3.8, 4) is 5.75 Å². The van der Waals surface area contributed by atoms with Gasteiger partial charge in [-0.05, 0) is 26.0 Å². The number of anilines is 1. The molecule has 1 N–H and O–H groups in total. The molecule has 18 heavy (non-hydrogen) atoms. The summed E-state index contributed by atoms with van der Waals surface area (Å²) in [5, 5.41) is 3.12. The zero-order valence-electron chi connectivity index (χ0n) is 11.4. The van der Waals surface area contributed by atoms with Gasteiger partial charge in [0, 0.05) is 33.3 Å². The van der Waals surface area contributed by atoms with Crippen LogP contribution in [0.1, 0.15) is 20.3 Å². The quantitative estimate of drug-likeness (QED) is 0.837. The first-order chi connectivity index (χ1) is 8.50. The number of nitrogens with one attached hydrogen (secondary N) is 1. The molecular formula is C13H21N3O2. The molecule has 0 aliphatic carbocycles. The summed E-state index contributed by atoms with van der Waals surface area (Å²) >= 11 is 0. The minimum absolute atomic E-state index is 0.0877. The van der Waals surface area contributed by atoms with E-state index in [1.165, 1.54) is 0 Å². The second-order valence-corrected chi connectivity index (χ2v) is 4.48. The van der Waals surface area contributed by atoms with E-state index in [4.69, 9.17) is 4.74 Å². The molecule has 5 nitrogen and oxygen atoms in total. The van der Waals surface area contributed by atoms with Gasteiger partial charge < -0.3 is 15.0 Å². The summed E-state index contributed by atoms with van der Waals surface area (Å²) < 4.78 is 5.63. The highest BCUT2D eigenvalue weighted by molar-refractivity contribution is 5.76. The van der Waals surface area contributed by atoms with Crippen LogP contribution in [0.15, 0.2) is 18.3 Å². The van der Waals surface area contributed by atoms with E-state index in [-0.39, 0.29) is 12.0 Å². The van der Waals surface area contributed by atoms with Crippen LogP contribution < -0.4 is 10.1 Å². The van der Waals surface area contributed by atoms with Crippen LogP contribution in [0.5, 0.6) is 5.75 Å². The Morgan fingerprint density at radius 1 is 1.50 bits per heavy atom. The molecule has 1 heterocycles. The maximum absolute atomic E-state index is 11.4. The average molecular weight is 251 g/mol. The number of amides is 1. The van der Waals surface area contributed by atoms with E-state index in [2.05, 4.69) is 10.3 Å². The molecule has 1 rings (SSSR count). The average Bonchev–Trinajstić information content (AvgIpc) is 2.30. The number of nitrogens with zero attached hydrogens (tertiary/aromatic N) is 2. The van der Waals surface area contributed by atoms with Crippen molar-refractivity contribution < 1.29 is 9.53 Å². The van der Waals surface area contributed by atoms with Gasteiger partial charge in [0.25, 0.3) is 0 Å². The number of carbonyl (C=O) groups is 1. The second-order valence-electron chi connectivity index (χ2n) is 4.48. The highest BCUT2D eigenvalue weighted by Crippen LogP contribution is 2.21. The van der Waals surface area contributed by atoms with E-state index in [0.717, 1.165) is 0 Å². The molecule has 0 aliphatic heterocycles. The number of hydrogen-bond donors (Lipinski definition) is 1. The molecular weight excluding hydrogens is 230 g/mol. The van der Waals surface area contributed by atoms with Gasteiger partial charge in [0.2, 0.25) is 5.91 Å². The first-order valence-electron chi connectivity index (χ1n) is 6.06. The maximum Gasteiger partial charge on any atom is 0.223 e. The van der Waals surface area contributed by atoms with Crippen molar-refractivity contribution in [1.82, 2.24) is 9.88 Å². The molecule has 100 valence electrons. The molecule has 0 aromatic carbocycles. The Balaban J connectivity index is 2.54. The van der Waals surface area contributed by atoms with Crippen molar-refractivity contribution in [2.45, 2.75) is 26.4 Å².